The minimum atomic E-state index is 0.0235. The van der Waals surface area contributed by atoms with Gasteiger partial charge in [-0.2, -0.15) is 0 Å². The molecule has 0 atom stereocenters. The van der Waals surface area contributed by atoms with Crippen LogP contribution < -0.4 is 10.1 Å². The van der Waals surface area contributed by atoms with Crippen LogP contribution in [0.15, 0.2) is 24.3 Å². The molecule has 0 bridgehead atoms. The van der Waals surface area contributed by atoms with E-state index in [1.165, 1.54) is 6.92 Å². The second-order valence-electron chi connectivity index (χ2n) is 6.30. The van der Waals surface area contributed by atoms with Gasteiger partial charge in [0.15, 0.2) is 5.78 Å². The number of likely N-dealkylation sites (tertiary alicyclic amines) is 1. The molecule has 2 amide bonds. The van der Waals surface area contributed by atoms with Gasteiger partial charge in [0.05, 0.1) is 6.61 Å². The van der Waals surface area contributed by atoms with Crippen LogP contribution in [0.1, 0.15) is 43.0 Å². The van der Waals surface area contributed by atoms with Gasteiger partial charge in [-0.05, 0) is 50.5 Å². The summed E-state index contributed by atoms with van der Waals surface area (Å²) in [6, 6.07) is 7.00. The highest BCUT2D eigenvalue weighted by Gasteiger charge is 2.26. The van der Waals surface area contributed by atoms with Crippen molar-refractivity contribution in [1.82, 2.24) is 10.2 Å². The van der Waals surface area contributed by atoms with Crippen LogP contribution in [0.5, 0.6) is 5.75 Å². The Bertz CT molecular complexity index is 604. The molecule has 1 aromatic carbocycles. The number of carbonyl (C=O) groups is 3. The summed E-state index contributed by atoms with van der Waals surface area (Å²) < 4.78 is 5.61. The zero-order chi connectivity index (χ0) is 18.2. The summed E-state index contributed by atoms with van der Waals surface area (Å²) in [6.45, 7) is 3.27. The lowest BCUT2D eigenvalue weighted by Crippen LogP contribution is -2.42. The molecule has 1 fully saturated rings. The van der Waals surface area contributed by atoms with Crippen LogP contribution in [0, 0.1) is 5.92 Å². The molecule has 0 aliphatic carbocycles. The number of hydrogen-bond acceptors (Lipinski definition) is 4. The van der Waals surface area contributed by atoms with E-state index in [9.17, 15) is 14.4 Å². The van der Waals surface area contributed by atoms with Gasteiger partial charge >= 0.3 is 0 Å². The number of Topliss-reactive ketones (excluding diaryl/α,β-unsaturated/α-hetero) is 1. The second-order valence-corrected chi connectivity index (χ2v) is 6.30. The topological polar surface area (TPSA) is 75.7 Å². The van der Waals surface area contributed by atoms with E-state index in [0.29, 0.717) is 43.9 Å². The second kappa shape index (κ2) is 9.20. The van der Waals surface area contributed by atoms with Crippen LogP contribution in [0.2, 0.25) is 0 Å². The molecule has 0 radical (unpaired) electrons. The average Bonchev–Trinajstić information content (AvgIpc) is 2.65. The van der Waals surface area contributed by atoms with Gasteiger partial charge < -0.3 is 15.0 Å². The van der Waals surface area contributed by atoms with Gasteiger partial charge in [0.1, 0.15) is 5.75 Å². The molecule has 6 nitrogen and oxygen atoms in total. The lowest BCUT2D eigenvalue weighted by Gasteiger charge is -2.31. The molecule has 1 N–H and O–H groups in total. The predicted molar refractivity (Wildman–Crippen MR) is 94.5 cm³/mol. The first-order valence-electron chi connectivity index (χ1n) is 8.74. The highest BCUT2D eigenvalue weighted by atomic mass is 16.5. The molecule has 1 aliphatic rings. The smallest absolute Gasteiger partial charge is 0.222 e. The first-order valence-corrected chi connectivity index (χ1v) is 8.74. The normalized spacial score (nSPS) is 14.9. The summed E-state index contributed by atoms with van der Waals surface area (Å²) in [7, 11) is 1.65. The molecule has 1 saturated heterocycles. The predicted octanol–water partition coefficient (Wildman–Crippen LogP) is 2.03. The number of benzene rings is 1. The van der Waals surface area contributed by atoms with Gasteiger partial charge in [0.2, 0.25) is 11.8 Å². The lowest BCUT2D eigenvalue weighted by molar-refractivity contribution is -0.135. The summed E-state index contributed by atoms with van der Waals surface area (Å²) in [5.74, 6) is 0.929. The van der Waals surface area contributed by atoms with E-state index in [1.54, 1.807) is 31.3 Å². The summed E-state index contributed by atoms with van der Waals surface area (Å²) in [5, 5.41) is 2.67. The van der Waals surface area contributed by atoms with Crippen LogP contribution in [-0.4, -0.2) is 49.2 Å². The maximum atomic E-state index is 12.2. The molecule has 1 aliphatic heterocycles. The van der Waals surface area contributed by atoms with Crippen LogP contribution >= 0.6 is 0 Å². The van der Waals surface area contributed by atoms with Crippen molar-refractivity contribution in [2.24, 2.45) is 5.92 Å². The summed E-state index contributed by atoms with van der Waals surface area (Å²) in [6.07, 6.45) is 2.54. The van der Waals surface area contributed by atoms with Crippen molar-refractivity contribution < 1.29 is 19.1 Å². The van der Waals surface area contributed by atoms with Gasteiger partial charge in [-0.15, -0.1) is 0 Å². The van der Waals surface area contributed by atoms with Crippen molar-refractivity contribution in [3.8, 4) is 5.75 Å². The van der Waals surface area contributed by atoms with Gasteiger partial charge in [-0.3, -0.25) is 14.4 Å². The molecule has 0 saturated carbocycles. The fourth-order valence-electron chi connectivity index (χ4n) is 2.95. The van der Waals surface area contributed by atoms with E-state index >= 15 is 0 Å². The number of ketones is 1. The lowest BCUT2D eigenvalue weighted by atomic mass is 9.96. The number of amides is 2. The van der Waals surface area contributed by atoms with Gasteiger partial charge in [-0.25, -0.2) is 0 Å². The fourth-order valence-corrected chi connectivity index (χ4v) is 2.95. The Labute approximate surface area is 148 Å². The molecule has 0 unspecified atom stereocenters. The molecule has 0 aromatic heterocycles. The number of carbonyl (C=O) groups excluding carboxylic acids is 3. The summed E-state index contributed by atoms with van der Waals surface area (Å²) >= 11 is 0. The van der Waals surface area contributed by atoms with E-state index in [4.69, 9.17) is 4.74 Å². The molecule has 1 heterocycles. The molecular formula is C19H26N2O4. The number of nitrogens with zero attached hydrogens (tertiary/aromatic N) is 1. The minimum Gasteiger partial charge on any atom is -0.494 e. The minimum absolute atomic E-state index is 0.0235. The quantitative estimate of drug-likeness (QED) is 0.605. The average molecular weight is 346 g/mol. The zero-order valence-electron chi connectivity index (χ0n) is 14.9. The van der Waals surface area contributed by atoms with Gasteiger partial charge in [0.25, 0.3) is 0 Å². The highest BCUT2D eigenvalue weighted by Crippen LogP contribution is 2.18. The Morgan fingerprint density at radius 1 is 1.16 bits per heavy atom. The van der Waals surface area contributed by atoms with Crippen LogP contribution in [0.25, 0.3) is 0 Å². The van der Waals surface area contributed by atoms with Gasteiger partial charge in [0, 0.05) is 38.0 Å². The largest absolute Gasteiger partial charge is 0.494 e. The van der Waals surface area contributed by atoms with E-state index < -0.39 is 0 Å². The summed E-state index contributed by atoms with van der Waals surface area (Å²) in [4.78, 5) is 36.9. The Kier molecular flexibility index (Phi) is 6.98. The van der Waals surface area contributed by atoms with E-state index in [2.05, 4.69) is 5.32 Å². The zero-order valence-corrected chi connectivity index (χ0v) is 14.9. The Morgan fingerprint density at radius 2 is 1.80 bits per heavy atom. The van der Waals surface area contributed by atoms with Crippen molar-refractivity contribution >= 4 is 17.6 Å². The highest BCUT2D eigenvalue weighted by molar-refractivity contribution is 5.94. The van der Waals surface area contributed by atoms with Crippen LogP contribution in [0.4, 0.5) is 0 Å². The third-order valence-corrected chi connectivity index (χ3v) is 4.53. The third kappa shape index (κ3) is 5.59. The van der Waals surface area contributed by atoms with E-state index in [1.807, 2.05) is 4.90 Å². The Balaban J connectivity index is 1.65. The number of nitrogens with one attached hydrogen (secondary N) is 1. The Morgan fingerprint density at radius 3 is 2.36 bits per heavy atom. The molecule has 25 heavy (non-hydrogen) atoms. The van der Waals surface area contributed by atoms with Crippen molar-refractivity contribution in [3.05, 3.63) is 29.8 Å². The summed E-state index contributed by atoms with van der Waals surface area (Å²) in [5.41, 5.74) is 0.655. The van der Waals surface area contributed by atoms with E-state index in [-0.39, 0.29) is 23.5 Å². The molecule has 6 heteroatoms. The number of rotatable bonds is 7. The van der Waals surface area contributed by atoms with Crippen molar-refractivity contribution in [1.29, 1.82) is 0 Å². The van der Waals surface area contributed by atoms with E-state index in [0.717, 1.165) is 12.8 Å². The van der Waals surface area contributed by atoms with Crippen LogP contribution in [-0.2, 0) is 9.59 Å². The number of hydrogen-bond donors (Lipinski definition) is 1. The molecule has 0 spiro atoms. The first kappa shape index (κ1) is 19.0. The fraction of sp³-hybridized carbons (Fsp3) is 0.526. The number of ether oxygens (including phenoxy) is 1. The van der Waals surface area contributed by atoms with Crippen molar-refractivity contribution in [3.63, 3.8) is 0 Å². The SMILES string of the molecule is CNC(=O)C1CCN(C(=O)CCCOc2ccc(C(C)=O)cc2)CC1. The van der Waals surface area contributed by atoms with Crippen LogP contribution in [0.3, 0.4) is 0 Å². The van der Waals surface area contributed by atoms with Gasteiger partial charge in [-0.1, -0.05) is 0 Å². The molecule has 2 rings (SSSR count). The molecule has 1 aromatic rings. The molecular weight excluding hydrogens is 320 g/mol. The maximum Gasteiger partial charge on any atom is 0.222 e. The Hall–Kier alpha value is -2.37. The number of piperidine rings is 1. The van der Waals surface area contributed by atoms with Crippen molar-refractivity contribution in [2.45, 2.75) is 32.6 Å². The third-order valence-electron chi connectivity index (χ3n) is 4.53. The van der Waals surface area contributed by atoms with Crippen molar-refractivity contribution in [2.75, 3.05) is 26.7 Å². The first-order chi connectivity index (χ1) is 12.0. The molecule has 136 valence electrons. The standard InChI is InChI=1S/C19H26N2O4/c1-14(22)15-5-7-17(8-6-15)25-13-3-4-18(23)21-11-9-16(10-12-21)19(24)20-2/h5-8,16H,3-4,9-13H2,1-2H3,(H,20,24). The maximum absolute atomic E-state index is 12.2. The monoisotopic (exact) mass is 346 g/mol.